The maximum Gasteiger partial charge on any atom is 0.192 e. The molecule has 1 unspecified atom stereocenters. The Hall–Kier alpha value is -1.87. The lowest BCUT2D eigenvalue weighted by Gasteiger charge is -2.20. The average Bonchev–Trinajstić information content (AvgIpc) is 3.01. The molecular weight excluding hydrogens is 308 g/mol. The highest BCUT2D eigenvalue weighted by atomic mass is 35.5. The molecule has 0 amide bonds. The molecule has 1 aliphatic heterocycles. The van der Waals surface area contributed by atoms with Crippen LogP contribution in [0.4, 0.5) is 5.69 Å². The van der Waals surface area contributed by atoms with Gasteiger partial charge in [0.05, 0.1) is 5.69 Å². The number of para-hydroxylation sites is 2. The molecule has 4 heteroatoms. The number of likely N-dealkylation sites (N-methyl/N-ethyl adjacent to an activating group) is 1. The first-order chi connectivity index (χ1) is 10.7. The van der Waals surface area contributed by atoms with Gasteiger partial charge in [0.1, 0.15) is 5.75 Å². The minimum absolute atomic E-state index is 0. The van der Waals surface area contributed by atoms with Gasteiger partial charge in [-0.25, -0.2) is 0 Å². The lowest BCUT2D eigenvalue weighted by Crippen LogP contribution is -2.32. The highest BCUT2D eigenvalue weighted by Gasteiger charge is 2.27. The number of hydrogen-bond donors (Lipinski definition) is 0. The fourth-order valence-corrected chi connectivity index (χ4v) is 3.29. The molecule has 1 aromatic heterocycles. The van der Waals surface area contributed by atoms with E-state index >= 15 is 0 Å². The molecule has 1 atom stereocenters. The van der Waals surface area contributed by atoms with Gasteiger partial charge < -0.3 is 14.2 Å². The summed E-state index contributed by atoms with van der Waals surface area (Å²) in [6, 6.07) is 10.5. The second-order valence-corrected chi connectivity index (χ2v) is 5.69. The fourth-order valence-electron chi connectivity index (χ4n) is 3.29. The third kappa shape index (κ3) is 3.11. The van der Waals surface area contributed by atoms with Crippen molar-refractivity contribution in [2.75, 3.05) is 11.4 Å². The van der Waals surface area contributed by atoms with Crippen LogP contribution in [-0.4, -0.2) is 17.3 Å². The topological polar surface area (TPSA) is 17.4 Å². The summed E-state index contributed by atoms with van der Waals surface area (Å²) in [6.07, 6.45) is 4.32. The number of benzene rings is 1. The van der Waals surface area contributed by atoms with E-state index in [4.69, 9.17) is 4.74 Å². The Bertz CT molecular complexity index is 705. The van der Waals surface area contributed by atoms with Crippen LogP contribution in [0.1, 0.15) is 30.8 Å². The van der Waals surface area contributed by atoms with Crippen LogP contribution in [0.3, 0.4) is 0 Å². The molecule has 2 aromatic rings. The molecule has 0 aliphatic carbocycles. The van der Waals surface area contributed by atoms with Crippen LogP contribution in [0.5, 0.6) is 5.75 Å². The van der Waals surface area contributed by atoms with E-state index in [1.807, 2.05) is 12.1 Å². The van der Waals surface area contributed by atoms with Crippen molar-refractivity contribution < 1.29 is 4.74 Å². The van der Waals surface area contributed by atoms with Crippen molar-refractivity contribution in [3.8, 4) is 5.75 Å². The third-order valence-electron chi connectivity index (χ3n) is 4.44. The van der Waals surface area contributed by atoms with Crippen molar-refractivity contribution >= 4 is 24.2 Å². The number of halogens is 1. The summed E-state index contributed by atoms with van der Waals surface area (Å²) >= 11 is 0. The van der Waals surface area contributed by atoms with Crippen LogP contribution in [0, 0.1) is 13.8 Å². The van der Waals surface area contributed by atoms with Crippen LogP contribution in [0.2, 0.25) is 0 Å². The van der Waals surface area contributed by atoms with Gasteiger partial charge in [0.15, 0.2) is 6.23 Å². The molecule has 2 heterocycles. The van der Waals surface area contributed by atoms with E-state index < -0.39 is 0 Å². The van der Waals surface area contributed by atoms with Gasteiger partial charge >= 0.3 is 0 Å². The van der Waals surface area contributed by atoms with Gasteiger partial charge in [0.25, 0.3) is 0 Å². The maximum absolute atomic E-state index is 6.07. The number of aryl methyl sites for hydroxylation is 1. The molecular formula is C19H25ClN2O. The standard InChI is InChI=1S/C19H24N2O.ClH/c1-5-20-14(3)13-16(15(20)4)11-12-19-21(6-2)17-9-7-8-10-18(17)22-19;/h7-13,19H,5-6H2,1-4H3;1H. The Morgan fingerprint density at radius 3 is 2.52 bits per heavy atom. The fraction of sp³-hybridized carbons (Fsp3) is 0.368. The second kappa shape index (κ2) is 7.14. The number of anilines is 1. The smallest absolute Gasteiger partial charge is 0.192 e. The Labute approximate surface area is 145 Å². The lowest BCUT2D eigenvalue weighted by molar-refractivity contribution is 0.275. The maximum atomic E-state index is 6.07. The molecule has 3 nitrogen and oxygen atoms in total. The van der Waals surface area contributed by atoms with Crippen LogP contribution >= 0.6 is 12.4 Å². The first-order valence-corrected chi connectivity index (χ1v) is 8.03. The first-order valence-electron chi connectivity index (χ1n) is 8.03. The zero-order valence-electron chi connectivity index (χ0n) is 14.2. The number of aromatic nitrogens is 1. The Morgan fingerprint density at radius 1 is 1.13 bits per heavy atom. The van der Waals surface area contributed by atoms with E-state index in [9.17, 15) is 0 Å². The summed E-state index contributed by atoms with van der Waals surface area (Å²) in [7, 11) is 0. The van der Waals surface area contributed by atoms with Crippen molar-refractivity contribution in [2.24, 2.45) is 0 Å². The highest BCUT2D eigenvalue weighted by Crippen LogP contribution is 2.37. The van der Waals surface area contributed by atoms with Crippen molar-refractivity contribution in [3.63, 3.8) is 0 Å². The molecule has 3 rings (SSSR count). The Morgan fingerprint density at radius 2 is 1.87 bits per heavy atom. The van der Waals surface area contributed by atoms with Crippen molar-refractivity contribution in [3.05, 3.63) is 53.4 Å². The average molecular weight is 333 g/mol. The minimum Gasteiger partial charge on any atom is -0.465 e. The molecule has 124 valence electrons. The molecule has 0 saturated heterocycles. The summed E-state index contributed by atoms with van der Waals surface area (Å²) < 4.78 is 8.40. The van der Waals surface area contributed by atoms with Gasteiger partial charge in [0, 0.05) is 24.5 Å². The summed E-state index contributed by atoms with van der Waals surface area (Å²) in [5, 5.41) is 0. The van der Waals surface area contributed by atoms with Gasteiger partial charge in [-0.3, -0.25) is 0 Å². The molecule has 0 N–H and O–H groups in total. The Kier molecular flexibility index (Phi) is 5.42. The van der Waals surface area contributed by atoms with Crippen molar-refractivity contribution in [1.82, 2.24) is 4.57 Å². The van der Waals surface area contributed by atoms with Crippen LogP contribution in [0.15, 0.2) is 36.4 Å². The molecule has 0 fully saturated rings. The molecule has 0 spiro atoms. The molecule has 1 aromatic carbocycles. The summed E-state index contributed by atoms with van der Waals surface area (Å²) in [5.74, 6) is 0.970. The summed E-state index contributed by atoms with van der Waals surface area (Å²) in [4.78, 5) is 2.28. The zero-order chi connectivity index (χ0) is 15.7. The quantitative estimate of drug-likeness (QED) is 0.799. The number of nitrogens with zero attached hydrogens (tertiary/aromatic N) is 2. The Balaban J connectivity index is 0.00000192. The van der Waals surface area contributed by atoms with Gasteiger partial charge in [-0.2, -0.15) is 0 Å². The summed E-state index contributed by atoms with van der Waals surface area (Å²) in [6.45, 7) is 10.6. The van der Waals surface area contributed by atoms with Crippen molar-refractivity contribution in [2.45, 2.75) is 40.5 Å². The van der Waals surface area contributed by atoms with E-state index in [1.165, 1.54) is 22.6 Å². The van der Waals surface area contributed by atoms with E-state index in [-0.39, 0.29) is 18.6 Å². The second-order valence-electron chi connectivity index (χ2n) is 5.69. The van der Waals surface area contributed by atoms with Gasteiger partial charge in [-0.1, -0.05) is 18.2 Å². The highest BCUT2D eigenvalue weighted by molar-refractivity contribution is 5.85. The van der Waals surface area contributed by atoms with E-state index in [0.717, 1.165) is 18.8 Å². The van der Waals surface area contributed by atoms with Gasteiger partial charge in [0.2, 0.25) is 0 Å². The lowest BCUT2D eigenvalue weighted by atomic mass is 10.2. The third-order valence-corrected chi connectivity index (χ3v) is 4.44. The molecule has 1 aliphatic rings. The van der Waals surface area contributed by atoms with Gasteiger partial charge in [-0.05, 0) is 57.5 Å². The molecule has 0 radical (unpaired) electrons. The van der Waals surface area contributed by atoms with Crippen LogP contribution in [-0.2, 0) is 6.54 Å². The summed E-state index contributed by atoms with van der Waals surface area (Å²) in [5.41, 5.74) is 5.08. The SMILES string of the molecule is CCN1c2ccccc2OC1C=Cc1cc(C)n(CC)c1C.Cl. The van der Waals surface area contributed by atoms with Crippen LogP contribution < -0.4 is 9.64 Å². The van der Waals surface area contributed by atoms with E-state index in [0.29, 0.717) is 0 Å². The number of fused-ring (bicyclic) bond motifs is 1. The van der Waals surface area contributed by atoms with Crippen molar-refractivity contribution in [1.29, 1.82) is 0 Å². The first kappa shape index (κ1) is 17.5. The normalized spacial score (nSPS) is 16.3. The number of rotatable bonds is 4. The molecule has 0 saturated carbocycles. The van der Waals surface area contributed by atoms with Gasteiger partial charge in [-0.15, -0.1) is 12.4 Å². The van der Waals surface area contributed by atoms with E-state index in [2.05, 4.69) is 67.5 Å². The van der Waals surface area contributed by atoms with E-state index in [1.54, 1.807) is 0 Å². The predicted molar refractivity (Wildman–Crippen MR) is 99.7 cm³/mol. The van der Waals surface area contributed by atoms with Crippen LogP contribution in [0.25, 0.3) is 6.08 Å². The molecule has 0 bridgehead atoms. The minimum atomic E-state index is -0.0212. The largest absolute Gasteiger partial charge is 0.465 e. The zero-order valence-corrected chi connectivity index (χ0v) is 15.1. The number of ether oxygens (including phenoxy) is 1. The number of hydrogen-bond acceptors (Lipinski definition) is 2. The molecule has 23 heavy (non-hydrogen) atoms. The monoisotopic (exact) mass is 332 g/mol. The predicted octanol–water partition coefficient (Wildman–Crippen LogP) is 4.80.